The number of benzene rings is 1. The summed E-state index contributed by atoms with van der Waals surface area (Å²) in [6.45, 7) is 5.00. The van der Waals surface area contributed by atoms with Crippen molar-refractivity contribution in [2.24, 2.45) is 0 Å². The van der Waals surface area contributed by atoms with Crippen LogP contribution >= 0.6 is 15.9 Å². The molecule has 0 spiro atoms. The fraction of sp³-hybridized carbons (Fsp3) is 0.538. The van der Waals surface area contributed by atoms with E-state index in [1.807, 2.05) is 6.07 Å². The molecular weight excluding hydrogens is 283 g/mol. The topological polar surface area (TPSA) is 15.3 Å². The first-order chi connectivity index (χ1) is 8.22. The maximum atomic E-state index is 13.8. The van der Waals surface area contributed by atoms with Crippen LogP contribution in [0.5, 0.6) is 0 Å². The number of hydrogen-bond donors (Lipinski definition) is 1. The smallest absolute Gasteiger partial charge is 0.147 e. The van der Waals surface area contributed by atoms with Crippen molar-refractivity contribution in [2.75, 3.05) is 24.5 Å². The number of nitrogens with zero attached hydrogens (tertiary/aromatic N) is 1. The average molecular weight is 301 g/mol. The zero-order valence-electron chi connectivity index (χ0n) is 10.0. The Kier molecular flexibility index (Phi) is 4.40. The second-order valence-electron chi connectivity index (χ2n) is 4.46. The second-order valence-corrected chi connectivity index (χ2v) is 5.31. The highest BCUT2D eigenvalue weighted by atomic mass is 79.9. The van der Waals surface area contributed by atoms with Gasteiger partial charge in [-0.1, -0.05) is 13.0 Å². The van der Waals surface area contributed by atoms with Crippen LogP contribution in [0.3, 0.4) is 0 Å². The van der Waals surface area contributed by atoms with Gasteiger partial charge < -0.3 is 10.2 Å². The third kappa shape index (κ3) is 2.99. The van der Waals surface area contributed by atoms with E-state index in [1.54, 1.807) is 6.07 Å². The first-order valence-electron chi connectivity index (χ1n) is 6.14. The molecule has 1 saturated heterocycles. The van der Waals surface area contributed by atoms with Gasteiger partial charge >= 0.3 is 0 Å². The molecule has 1 N–H and O–H groups in total. The summed E-state index contributed by atoms with van der Waals surface area (Å²) >= 11 is 3.43. The molecule has 0 amide bonds. The fourth-order valence-electron chi connectivity index (χ4n) is 2.27. The van der Waals surface area contributed by atoms with Crippen LogP contribution < -0.4 is 10.2 Å². The van der Waals surface area contributed by atoms with E-state index in [2.05, 4.69) is 33.1 Å². The highest BCUT2D eigenvalue weighted by molar-refractivity contribution is 9.10. The fourth-order valence-corrected chi connectivity index (χ4v) is 2.86. The van der Waals surface area contributed by atoms with Crippen molar-refractivity contribution in [3.63, 3.8) is 0 Å². The molecule has 1 unspecified atom stereocenters. The Balaban J connectivity index is 2.05. The van der Waals surface area contributed by atoms with E-state index in [9.17, 15) is 4.39 Å². The summed E-state index contributed by atoms with van der Waals surface area (Å²) in [5.74, 6) is -0.143. The van der Waals surface area contributed by atoms with Gasteiger partial charge in [0.15, 0.2) is 0 Å². The predicted octanol–water partition coefficient (Wildman–Crippen LogP) is 3.17. The molecule has 2 rings (SSSR count). The van der Waals surface area contributed by atoms with Crippen LogP contribution in [0.4, 0.5) is 10.1 Å². The summed E-state index contributed by atoms with van der Waals surface area (Å²) in [5, 5.41) is 3.49. The molecule has 0 bridgehead atoms. The maximum absolute atomic E-state index is 13.8. The van der Waals surface area contributed by atoms with Crippen LogP contribution in [0.25, 0.3) is 0 Å². The maximum Gasteiger partial charge on any atom is 0.147 e. The Morgan fingerprint density at radius 2 is 2.35 bits per heavy atom. The molecule has 1 atom stereocenters. The first kappa shape index (κ1) is 12.8. The molecular formula is C13H18BrFN2. The van der Waals surface area contributed by atoms with Gasteiger partial charge in [-0.25, -0.2) is 4.39 Å². The van der Waals surface area contributed by atoms with E-state index in [0.717, 1.165) is 36.9 Å². The van der Waals surface area contributed by atoms with Crippen molar-refractivity contribution in [1.82, 2.24) is 5.32 Å². The lowest BCUT2D eigenvalue weighted by atomic mass is 10.2. The zero-order chi connectivity index (χ0) is 12.3. The Morgan fingerprint density at radius 3 is 3.06 bits per heavy atom. The summed E-state index contributed by atoms with van der Waals surface area (Å²) in [5.41, 5.74) is 0.702. The second kappa shape index (κ2) is 5.83. The normalized spacial score (nSPS) is 19.9. The summed E-state index contributed by atoms with van der Waals surface area (Å²) in [6.07, 6.45) is 2.22. The number of rotatable bonds is 4. The molecule has 2 nitrogen and oxygen atoms in total. The van der Waals surface area contributed by atoms with E-state index in [-0.39, 0.29) is 5.82 Å². The standard InChI is InChI=1S/C13H18BrFN2/c1-2-7-16-10-6-8-17(9-10)13-11(14)4-3-5-12(13)15/h3-5,10,16H,2,6-9H2,1H3. The van der Waals surface area contributed by atoms with Crippen LogP contribution in [-0.2, 0) is 0 Å². The predicted molar refractivity (Wildman–Crippen MR) is 73.0 cm³/mol. The number of halogens is 2. The van der Waals surface area contributed by atoms with Gasteiger partial charge in [0.1, 0.15) is 5.82 Å². The first-order valence-corrected chi connectivity index (χ1v) is 6.94. The van der Waals surface area contributed by atoms with E-state index in [4.69, 9.17) is 0 Å². The van der Waals surface area contributed by atoms with Crippen molar-refractivity contribution in [3.8, 4) is 0 Å². The lowest BCUT2D eigenvalue weighted by molar-refractivity contribution is 0.548. The number of anilines is 1. The largest absolute Gasteiger partial charge is 0.367 e. The molecule has 1 fully saturated rings. The van der Waals surface area contributed by atoms with Crippen molar-refractivity contribution in [3.05, 3.63) is 28.5 Å². The van der Waals surface area contributed by atoms with Crippen LogP contribution in [0.1, 0.15) is 19.8 Å². The highest BCUT2D eigenvalue weighted by Gasteiger charge is 2.25. The molecule has 1 heterocycles. The molecule has 1 aliphatic heterocycles. The van der Waals surface area contributed by atoms with Crippen LogP contribution in [0, 0.1) is 5.82 Å². The number of hydrogen-bond acceptors (Lipinski definition) is 2. The third-order valence-corrected chi connectivity index (χ3v) is 3.76. The molecule has 0 radical (unpaired) electrons. The number of para-hydroxylation sites is 1. The van der Waals surface area contributed by atoms with Gasteiger partial charge in [-0.2, -0.15) is 0 Å². The number of nitrogens with one attached hydrogen (secondary N) is 1. The SMILES string of the molecule is CCCNC1CCN(c2c(F)cccc2Br)C1. The molecule has 1 aliphatic rings. The summed E-state index contributed by atoms with van der Waals surface area (Å²) in [7, 11) is 0. The Labute approximate surface area is 110 Å². The molecule has 0 aromatic heterocycles. The van der Waals surface area contributed by atoms with Crippen molar-refractivity contribution in [1.29, 1.82) is 0 Å². The Bertz CT molecular complexity index is 363. The van der Waals surface area contributed by atoms with Crippen LogP contribution in [0.15, 0.2) is 22.7 Å². The van der Waals surface area contributed by atoms with Crippen molar-refractivity contribution in [2.45, 2.75) is 25.8 Å². The van der Waals surface area contributed by atoms with Gasteiger partial charge in [0, 0.05) is 23.6 Å². The van der Waals surface area contributed by atoms with Crippen molar-refractivity contribution < 1.29 is 4.39 Å². The van der Waals surface area contributed by atoms with Gasteiger partial charge in [-0.05, 0) is 47.4 Å². The van der Waals surface area contributed by atoms with Gasteiger partial charge in [0.25, 0.3) is 0 Å². The molecule has 1 aromatic carbocycles. The average Bonchev–Trinajstić information content (AvgIpc) is 2.75. The van der Waals surface area contributed by atoms with E-state index >= 15 is 0 Å². The lowest BCUT2D eigenvalue weighted by Gasteiger charge is -2.21. The third-order valence-electron chi connectivity index (χ3n) is 3.13. The van der Waals surface area contributed by atoms with E-state index < -0.39 is 0 Å². The Morgan fingerprint density at radius 1 is 1.53 bits per heavy atom. The van der Waals surface area contributed by atoms with Crippen LogP contribution in [-0.4, -0.2) is 25.7 Å². The summed E-state index contributed by atoms with van der Waals surface area (Å²) in [6, 6.07) is 5.63. The molecule has 0 saturated carbocycles. The van der Waals surface area contributed by atoms with Crippen LogP contribution in [0.2, 0.25) is 0 Å². The minimum atomic E-state index is -0.143. The molecule has 17 heavy (non-hydrogen) atoms. The summed E-state index contributed by atoms with van der Waals surface area (Å²) < 4.78 is 14.6. The van der Waals surface area contributed by atoms with Gasteiger partial charge in [0.05, 0.1) is 5.69 Å². The van der Waals surface area contributed by atoms with Gasteiger partial charge in [-0.3, -0.25) is 0 Å². The minimum Gasteiger partial charge on any atom is -0.367 e. The molecule has 4 heteroatoms. The molecule has 0 aliphatic carbocycles. The zero-order valence-corrected chi connectivity index (χ0v) is 11.6. The Hall–Kier alpha value is -0.610. The van der Waals surface area contributed by atoms with Gasteiger partial charge in [-0.15, -0.1) is 0 Å². The lowest BCUT2D eigenvalue weighted by Crippen LogP contribution is -2.33. The molecule has 94 valence electrons. The van der Waals surface area contributed by atoms with Crippen molar-refractivity contribution >= 4 is 21.6 Å². The van der Waals surface area contributed by atoms with E-state index in [0.29, 0.717) is 11.7 Å². The van der Waals surface area contributed by atoms with E-state index in [1.165, 1.54) is 6.07 Å². The monoisotopic (exact) mass is 300 g/mol. The minimum absolute atomic E-state index is 0.143. The summed E-state index contributed by atoms with van der Waals surface area (Å²) in [4.78, 5) is 2.12. The highest BCUT2D eigenvalue weighted by Crippen LogP contribution is 2.31. The molecule has 1 aromatic rings. The van der Waals surface area contributed by atoms with Gasteiger partial charge in [0.2, 0.25) is 0 Å². The quantitative estimate of drug-likeness (QED) is 0.919.